The summed E-state index contributed by atoms with van der Waals surface area (Å²) in [4.78, 5) is 11.7. The molecule has 88 valence electrons. The quantitative estimate of drug-likeness (QED) is 0.539. The number of nitrogen functional groups attached to an aromatic ring is 1. The van der Waals surface area contributed by atoms with Gasteiger partial charge >= 0.3 is 5.97 Å². The van der Waals surface area contributed by atoms with Crippen LogP contribution < -0.4 is 5.73 Å². The van der Waals surface area contributed by atoms with Gasteiger partial charge in [0.25, 0.3) is 0 Å². The summed E-state index contributed by atoms with van der Waals surface area (Å²) in [6.07, 6.45) is 0. The van der Waals surface area contributed by atoms with E-state index >= 15 is 0 Å². The maximum Gasteiger partial charge on any atom is 0.336 e. The van der Waals surface area contributed by atoms with Crippen molar-refractivity contribution in [1.82, 2.24) is 0 Å². The minimum atomic E-state index is -0.980. The van der Waals surface area contributed by atoms with E-state index in [0.717, 1.165) is 0 Å². The average molecular weight is 241 g/mol. The fourth-order valence-corrected chi connectivity index (χ4v) is 2.16. The molecular weight excluding hydrogens is 226 g/mol. The van der Waals surface area contributed by atoms with E-state index in [4.69, 9.17) is 15.9 Å². The molecule has 0 radical (unpaired) electrons. The Morgan fingerprint density at radius 3 is 2.81 bits per heavy atom. The summed E-state index contributed by atoms with van der Waals surface area (Å²) in [5.74, 6) is -0.156. The van der Waals surface area contributed by atoms with Crippen molar-refractivity contribution in [3.05, 3.63) is 23.8 Å². The lowest BCUT2D eigenvalue weighted by molar-refractivity contribution is 0.0693. The molecule has 0 aliphatic carbocycles. The van der Waals surface area contributed by atoms with Crippen LogP contribution in [-0.2, 0) is 0 Å². The molecule has 1 atom stereocenters. The number of aromatic carboxylic acids is 1. The number of carboxylic acids is 1. The monoisotopic (exact) mass is 241 g/mol. The molecule has 0 bridgehead atoms. The zero-order valence-electron chi connectivity index (χ0n) is 9.01. The molecule has 0 aromatic heterocycles. The highest BCUT2D eigenvalue weighted by Gasteiger charge is 2.11. The third-order valence-corrected chi connectivity index (χ3v) is 3.47. The lowest BCUT2D eigenvalue weighted by Crippen LogP contribution is -2.05. The number of carbonyl (C=O) groups is 1. The number of nitrogens with two attached hydrogens (primary N) is 1. The summed E-state index contributed by atoms with van der Waals surface area (Å²) in [6.45, 7) is 2.01. The van der Waals surface area contributed by atoms with E-state index in [1.54, 1.807) is 12.1 Å². The molecule has 0 aliphatic rings. The minimum Gasteiger partial charge on any atom is -0.478 e. The summed E-state index contributed by atoms with van der Waals surface area (Å²) in [6, 6.07) is 4.83. The molecule has 0 fully saturated rings. The molecule has 0 saturated heterocycles. The molecule has 0 aliphatic heterocycles. The van der Waals surface area contributed by atoms with Crippen molar-refractivity contribution in [2.24, 2.45) is 5.92 Å². The summed E-state index contributed by atoms with van der Waals surface area (Å²) in [5.41, 5.74) is 6.19. The summed E-state index contributed by atoms with van der Waals surface area (Å²) >= 11 is 1.42. The van der Waals surface area contributed by atoms with Crippen LogP contribution in [0.4, 0.5) is 5.69 Å². The number of aliphatic hydroxyl groups excluding tert-OH is 1. The SMILES string of the molecule is CC(CO)CSc1ccc(N)cc1C(=O)O. The predicted molar refractivity (Wildman–Crippen MR) is 64.8 cm³/mol. The van der Waals surface area contributed by atoms with E-state index in [1.165, 1.54) is 17.8 Å². The van der Waals surface area contributed by atoms with E-state index in [-0.39, 0.29) is 18.1 Å². The Hall–Kier alpha value is -1.20. The van der Waals surface area contributed by atoms with Gasteiger partial charge in [-0.25, -0.2) is 4.79 Å². The topological polar surface area (TPSA) is 83.5 Å². The van der Waals surface area contributed by atoms with E-state index in [1.807, 2.05) is 6.92 Å². The van der Waals surface area contributed by atoms with Gasteiger partial charge < -0.3 is 15.9 Å². The van der Waals surface area contributed by atoms with Crippen molar-refractivity contribution in [1.29, 1.82) is 0 Å². The van der Waals surface area contributed by atoms with Crippen LogP contribution in [0.3, 0.4) is 0 Å². The summed E-state index contributed by atoms with van der Waals surface area (Å²) < 4.78 is 0. The Kier molecular flexibility index (Phi) is 4.64. The Morgan fingerprint density at radius 2 is 2.25 bits per heavy atom. The minimum absolute atomic E-state index is 0.102. The number of hydrogen-bond acceptors (Lipinski definition) is 4. The second-order valence-corrected chi connectivity index (χ2v) is 4.72. The van der Waals surface area contributed by atoms with Crippen LogP contribution >= 0.6 is 11.8 Å². The number of hydrogen-bond donors (Lipinski definition) is 3. The molecule has 4 nitrogen and oxygen atoms in total. The van der Waals surface area contributed by atoms with Gasteiger partial charge in [-0.05, 0) is 24.1 Å². The number of carboxylic acid groups (broad SMARTS) is 1. The largest absolute Gasteiger partial charge is 0.478 e. The lowest BCUT2D eigenvalue weighted by atomic mass is 10.2. The first-order valence-electron chi connectivity index (χ1n) is 4.91. The molecule has 0 heterocycles. The van der Waals surface area contributed by atoms with Gasteiger partial charge in [-0.2, -0.15) is 0 Å². The fraction of sp³-hybridized carbons (Fsp3) is 0.364. The highest BCUT2D eigenvalue weighted by atomic mass is 32.2. The zero-order valence-corrected chi connectivity index (χ0v) is 9.83. The van der Waals surface area contributed by atoms with Crippen LogP contribution in [0.2, 0.25) is 0 Å². The van der Waals surface area contributed by atoms with Crippen molar-refractivity contribution < 1.29 is 15.0 Å². The summed E-state index contributed by atoms with van der Waals surface area (Å²) in [7, 11) is 0. The van der Waals surface area contributed by atoms with Gasteiger partial charge in [-0.1, -0.05) is 6.92 Å². The van der Waals surface area contributed by atoms with E-state index < -0.39 is 5.97 Å². The van der Waals surface area contributed by atoms with Crippen molar-refractivity contribution >= 4 is 23.4 Å². The van der Waals surface area contributed by atoms with Gasteiger partial charge in [0.15, 0.2) is 0 Å². The van der Waals surface area contributed by atoms with Gasteiger partial charge in [-0.15, -0.1) is 11.8 Å². The number of benzene rings is 1. The first-order valence-corrected chi connectivity index (χ1v) is 5.89. The molecule has 5 heteroatoms. The normalized spacial score (nSPS) is 12.4. The lowest BCUT2D eigenvalue weighted by Gasteiger charge is -2.09. The van der Waals surface area contributed by atoms with Gasteiger partial charge in [0.05, 0.1) is 5.56 Å². The highest BCUT2D eigenvalue weighted by molar-refractivity contribution is 7.99. The average Bonchev–Trinajstić information content (AvgIpc) is 2.26. The Labute approximate surface area is 98.5 Å². The third kappa shape index (κ3) is 3.43. The first-order chi connectivity index (χ1) is 7.54. The van der Waals surface area contributed by atoms with Crippen molar-refractivity contribution in [2.45, 2.75) is 11.8 Å². The second-order valence-electron chi connectivity index (χ2n) is 3.66. The number of anilines is 1. The fourth-order valence-electron chi connectivity index (χ4n) is 1.13. The van der Waals surface area contributed by atoms with Crippen LogP contribution in [0.5, 0.6) is 0 Å². The summed E-state index contributed by atoms with van der Waals surface area (Å²) in [5, 5.41) is 17.9. The van der Waals surface area contributed by atoms with Crippen molar-refractivity contribution in [3.63, 3.8) is 0 Å². The maximum absolute atomic E-state index is 11.0. The third-order valence-electron chi connectivity index (χ3n) is 2.07. The Morgan fingerprint density at radius 1 is 1.56 bits per heavy atom. The van der Waals surface area contributed by atoms with Gasteiger partial charge in [0.1, 0.15) is 0 Å². The van der Waals surface area contributed by atoms with Crippen LogP contribution in [0.1, 0.15) is 17.3 Å². The Balaban J connectivity index is 2.82. The first kappa shape index (κ1) is 12.9. The van der Waals surface area contributed by atoms with E-state index in [2.05, 4.69) is 0 Å². The molecule has 0 spiro atoms. The number of thioether (sulfide) groups is 1. The molecule has 0 amide bonds. The zero-order chi connectivity index (χ0) is 12.1. The molecule has 1 unspecified atom stereocenters. The van der Waals surface area contributed by atoms with Gasteiger partial charge in [0.2, 0.25) is 0 Å². The maximum atomic E-state index is 11.0. The van der Waals surface area contributed by atoms with E-state index in [0.29, 0.717) is 16.3 Å². The molecule has 1 rings (SSSR count). The van der Waals surface area contributed by atoms with Gasteiger partial charge in [0, 0.05) is 22.9 Å². The smallest absolute Gasteiger partial charge is 0.336 e. The van der Waals surface area contributed by atoms with Gasteiger partial charge in [-0.3, -0.25) is 0 Å². The standard InChI is InChI=1S/C11H15NO3S/c1-7(5-13)6-16-10-3-2-8(12)4-9(10)11(14)15/h2-4,7,13H,5-6,12H2,1H3,(H,14,15). The van der Waals surface area contributed by atoms with Crippen molar-refractivity contribution in [3.8, 4) is 0 Å². The molecule has 16 heavy (non-hydrogen) atoms. The molecule has 1 aromatic rings. The van der Waals surface area contributed by atoms with Crippen LogP contribution in [0.15, 0.2) is 23.1 Å². The van der Waals surface area contributed by atoms with Crippen LogP contribution in [0.25, 0.3) is 0 Å². The van der Waals surface area contributed by atoms with Crippen LogP contribution in [-0.4, -0.2) is 28.5 Å². The van der Waals surface area contributed by atoms with Crippen molar-refractivity contribution in [2.75, 3.05) is 18.1 Å². The highest BCUT2D eigenvalue weighted by Crippen LogP contribution is 2.26. The van der Waals surface area contributed by atoms with E-state index in [9.17, 15) is 4.79 Å². The second kappa shape index (κ2) is 5.77. The Bertz CT molecular complexity index is 381. The number of aliphatic hydroxyl groups is 1. The number of rotatable bonds is 5. The molecule has 1 aromatic carbocycles. The molecule has 4 N–H and O–H groups in total. The molecular formula is C11H15NO3S. The predicted octanol–water partition coefficient (Wildman–Crippen LogP) is 1.69. The molecule has 0 saturated carbocycles. The van der Waals surface area contributed by atoms with Crippen LogP contribution in [0, 0.1) is 5.92 Å².